The van der Waals surface area contributed by atoms with E-state index >= 15 is 0 Å². The second-order valence-electron chi connectivity index (χ2n) is 6.37. The van der Waals surface area contributed by atoms with Crippen molar-refractivity contribution < 1.29 is 5.11 Å². The molecule has 0 bridgehead atoms. The lowest BCUT2D eigenvalue weighted by atomic mass is 9.84. The Balaban J connectivity index is 1.72. The molecule has 2 aliphatic rings. The Kier molecular flexibility index (Phi) is 4.65. The van der Waals surface area contributed by atoms with E-state index in [1.807, 2.05) is 12.1 Å². The van der Waals surface area contributed by atoms with Crippen LogP contribution >= 0.6 is 11.6 Å². The number of hydrogen-bond acceptors (Lipinski definition) is 2. The van der Waals surface area contributed by atoms with Gasteiger partial charge < -0.3 is 10.4 Å². The summed E-state index contributed by atoms with van der Waals surface area (Å²) >= 11 is 6.00. The van der Waals surface area contributed by atoms with Crippen LogP contribution in [0, 0.1) is 11.8 Å². The summed E-state index contributed by atoms with van der Waals surface area (Å²) in [5.41, 5.74) is 1.35. The molecule has 2 nitrogen and oxygen atoms in total. The van der Waals surface area contributed by atoms with Gasteiger partial charge in [0.15, 0.2) is 0 Å². The molecule has 2 N–H and O–H groups in total. The van der Waals surface area contributed by atoms with E-state index in [2.05, 4.69) is 17.4 Å². The smallest absolute Gasteiger partial charge is 0.0474 e. The third-order valence-corrected chi connectivity index (χ3v) is 5.11. The van der Waals surface area contributed by atoms with Crippen LogP contribution in [0.1, 0.15) is 50.1 Å². The Labute approximate surface area is 126 Å². The zero-order valence-corrected chi connectivity index (χ0v) is 12.6. The Bertz CT molecular complexity index is 429. The van der Waals surface area contributed by atoms with Gasteiger partial charge in [-0.25, -0.2) is 0 Å². The molecule has 1 aromatic carbocycles. The van der Waals surface area contributed by atoms with Crippen molar-refractivity contribution in [3.8, 4) is 0 Å². The molecule has 0 aliphatic heterocycles. The van der Waals surface area contributed by atoms with E-state index in [9.17, 15) is 5.11 Å². The second-order valence-corrected chi connectivity index (χ2v) is 6.80. The number of benzene rings is 1. The number of rotatable bonds is 5. The number of halogens is 1. The summed E-state index contributed by atoms with van der Waals surface area (Å²) in [4.78, 5) is 0. The third kappa shape index (κ3) is 3.36. The molecular weight excluding hydrogens is 270 g/mol. The Morgan fingerprint density at radius 3 is 2.45 bits per heavy atom. The monoisotopic (exact) mass is 293 g/mol. The fourth-order valence-corrected chi connectivity index (χ4v) is 3.61. The van der Waals surface area contributed by atoms with Crippen LogP contribution < -0.4 is 5.32 Å². The van der Waals surface area contributed by atoms with Crippen LogP contribution in [0.2, 0.25) is 5.02 Å². The molecule has 2 aliphatic carbocycles. The SMILES string of the molecule is OCC1CCCCC1NC(c1ccc(Cl)cc1)C1CC1. The summed E-state index contributed by atoms with van der Waals surface area (Å²) in [7, 11) is 0. The highest BCUT2D eigenvalue weighted by Gasteiger charge is 2.35. The molecule has 2 saturated carbocycles. The van der Waals surface area contributed by atoms with Crippen LogP contribution in [0.15, 0.2) is 24.3 Å². The molecule has 0 radical (unpaired) electrons. The molecule has 3 rings (SSSR count). The van der Waals surface area contributed by atoms with Crippen molar-refractivity contribution in [3.05, 3.63) is 34.9 Å². The third-order valence-electron chi connectivity index (χ3n) is 4.86. The van der Waals surface area contributed by atoms with Crippen molar-refractivity contribution >= 4 is 11.6 Å². The molecule has 20 heavy (non-hydrogen) atoms. The Morgan fingerprint density at radius 1 is 1.10 bits per heavy atom. The highest BCUT2D eigenvalue weighted by molar-refractivity contribution is 6.30. The van der Waals surface area contributed by atoms with Crippen LogP contribution in [0.5, 0.6) is 0 Å². The molecule has 3 heteroatoms. The van der Waals surface area contributed by atoms with Crippen molar-refractivity contribution in [1.82, 2.24) is 5.32 Å². The van der Waals surface area contributed by atoms with Crippen LogP contribution in [0.4, 0.5) is 0 Å². The summed E-state index contributed by atoms with van der Waals surface area (Å²) in [6.07, 6.45) is 7.53. The molecule has 2 fully saturated rings. The van der Waals surface area contributed by atoms with E-state index in [0.29, 0.717) is 24.6 Å². The van der Waals surface area contributed by atoms with Gasteiger partial charge in [0.25, 0.3) is 0 Å². The molecule has 3 unspecified atom stereocenters. The predicted octanol–water partition coefficient (Wildman–Crippen LogP) is 3.93. The van der Waals surface area contributed by atoms with Crippen molar-refractivity contribution in [3.63, 3.8) is 0 Å². The summed E-state index contributed by atoms with van der Waals surface area (Å²) in [5.74, 6) is 1.19. The lowest BCUT2D eigenvalue weighted by molar-refractivity contribution is 0.143. The van der Waals surface area contributed by atoms with E-state index in [0.717, 1.165) is 17.4 Å². The van der Waals surface area contributed by atoms with Gasteiger partial charge in [-0.15, -0.1) is 0 Å². The Morgan fingerprint density at radius 2 is 1.80 bits per heavy atom. The fourth-order valence-electron chi connectivity index (χ4n) is 3.48. The minimum absolute atomic E-state index is 0.315. The first-order valence-corrected chi connectivity index (χ1v) is 8.28. The molecule has 0 heterocycles. The van der Waals surface area contributed by atoms with E-state index in [-0.39, 0.29) is 0 Å². The van der Waals surface area contributed by atoms with Gasteiger partial charge in [0.2, 0.25) is 0 Å². The topological polar surface area (TPSA) is 32.3 Å². The average Bonchev–Trinajstić information content (AvgIpc) is 3.31. The normalized spacial score (nSPS) is 28.3. The molecular formula is C17H24ClNO. The van der Waals surface area contributed by atoms with Crippen molar-refractivity contribution in [1.29, 1.82) is 0 Å². The lowest BCUT2D eigenvalue weighted by Gasteiger charge is -2.34. The average molecular weight is 294 g/mol. The molecule has 0 aromatic heterocycles. The minimum Gasteiger partial charge on any atom is -0.396 e. The zero-order chi connectivity index (χ0) is 13.9. The number of hydrogen-bond donors (Lipinski definition) is 2. The van der Waals surface area contributed by atoms with Gasteiger partial charge >= 0.3 is 0 Å². The van der Waals surface area contributed by atoms with Crippen LogP contribution in [-0.4, -0.2) is 17.8 Å². The van der Waals surface area contributed by atoms with Gasteiger partial charge in [0.05, 0.1) is 0 Å². The predicted molar refractivity (Wildman–Crippen MR) is 82.9 cm³/mol. The van der Waals surface area contributed by atoms with E-state index in [1.54, 1.807) is 0 Å². The van der Waals surface area contributed by atoms with Crippen LogP contribution in [-0.2, 0) is 0 Å². The van der Waals surface area contributed by atoms with E-state index < -0.39 is 0 Å². The standard InChI is InChI=1S/C17H24ClNO/c18-15-9-7-13(8-10-15)17(12-5-6-12)19-16-4-2-1-3-14(16)11-20/h7-10,12,14,16-17,19-20H,1-6,11H2. The number of nitrogens with one attached hydrogen (secondary N) is 1. The molecule has 110 valence electrons. The zero-order valence-electron chi connectivity index (χ0n) is 11.9. The van der Waals surface area contributed by atoms with Gasteiger partial charge in [0.1, 0.15) is 0 Å². The van der Waals surface area contributed by atoms with Gasteiger partial charge in [-0.05, 0) is 55.2 Å². The maximum atomic E-state index is 9.58. The first-order valence-electron chi connectivity index (χ1n) is 7.90. The second kappa shape index (κ2) is 6.46. The summed E-state index contributed by atoms with van der Waals surface area (Å²) < 4.78 is 0. The quantitative estimate of drug-likeness (QED) is 0.862. The van der Waals surface area contributed by atoms with Gasteiger partial charge in [0, 0.05) is 23.7 Å². The van der Waals surface area contributed by atoms with E-state index in [1.165, 1.54) is 37.7 Å². The summed E-state index contributed by atoms with van der Waals surface area (Å²) in [6, 6.07) is 9.17. The van der Waals surface area contributed by atoms with Crippen LogP contribution in [0.3, 0.4) is 0 Å². The first-order chi connectivity index (χ1) is 9.78. The highest BCUT2D eigenvalue weighted by Crippen LogP contribution is 2.42. The van der Waals surface area contributed by atoms with Gasteiger partial charge in [-0.1, -0.05) is 36.6 Å². The molecule has 3 atom stereocenters. The highest BCUT2D eigenvalue weighted by atomic mass is 35.5. The Hall–Kier alpha value is -0.570. The summed E-state index contributed by atoms with van der Waals surface area (Å²) in [5, 5.41) is 14.2. The van der Waals surface area contributed by atoms with Crippen LogP contribution in [0.25, 0.3) is 0 Å². The van der Waals surface area contributed by atoms with Gasteiger partial charge in [-0.3, -0.25) is 0 Å². The summed E-state index contributed by atoms with van der Waals surface area (Å²) in [6.45, 7) is 0.315. The van der Waals surface area contributed by atoms with E-state index in [4.69, 9.17) is 11.6 Å². The van der Waals surface area contributed by atoms with Gasteiger partial charge in [-0.2, -0.15) is 0 Å². The van der Waals surface area contributed by atoms with Crippen molar-refractivity contribution in [2.24, 2.45) is 11.8 Å². The molecule has 0 amide bonds. The maximum Gasteiger partial charge on any atom is 0.0474 e. The number of aliphatic hydroxyl groups is 1. The fraction of sp³-hybridized carbons (Fsp3) is 0.647. The lowest BCUT2D eigenvalue weighted by Crippen LogP contribution is -2.42. The first kappa shape index (κ1) is 14.4. The van der Waals surface area contributed by atoms with Crippen molar-refractivity contribution in [2.75, 3.05) is 6.61 Å². The molecule has 1 aromatic rings. The van der Waals surface area contributed by atoms with Crippen molar-refractivity contribution in [2.45, 2.75) is 50.6 Å². The minimum atomic E-state index is 0.315. The largest absolute Gasteiger partial charge is 0.396 e. The maximum absolute atomic E-state index is 9.58. The molecule has 0 spiro atoms. The molecule has 0 saturated heterocycles. The number of aliphatic hydroxyl groups excluding tert-OH is 1.